The maximum Gasteiger partial charge on any atom is -0.00134 e. The topological polar surface area (TPSA) is 0 Å². The van der Waals surface area contributed by atoms with Crippen LogP contribution in [0.2, 0.25) is 0 Å². The van der Waals surface area contributed by atoms with Crippen LogP contribution in [-0.4, -0.2) is 0 Å². The second-order valence-electron chi connectivity index (χ2n) is 10.9. The zero-order chi connectivity index (χ0) is 24.5. The van der Waals surface area contributed by atoms with Gasteiger partial charge in [0.05, 0.1) is 0 Å². The molecule has 0 heterocycles. The standard InChI is InChI=1S/C38H20/c1-5-23-7-3-11-29-33(23)27(9-1)35-25-17-15-21(19-31(25)37(29)35)13-14-22-16-18-26-32(20-22)38-30-12-4-8-24-6-2-10-28(34(24)30)36(26)38/h1-20H/b14-13+. The first-order valence-corrected chi connectivity index (χ1v) is 13.4. The Labute approximate surface area is 220 Å². The van der Waals surface area contributed by atoms with Crippen LogP contribution >= 0.6 is 0 Å². The first-order chi connectivity index (χ1) is 18.8. The van der Waals surface area contributed by atoms with E-state index in [0.29, 0.717) is 0 Å². The first kappa shape index (κ1) is 19.2. The minimum atomic E-state index is 1.25. The highest BCUT2D eigenvalue weighted by atomic mass is 14.4. The molecule has 0 fully saturated rings. The highest BCUT2D eigenvalue weighted by Crippen LogP contribution is 2.57. The molecule has 4 aliphatic rings. The maximum atomic E-state index is 2.37. The van der Waals surface area contributed by atoms with Crippen LogP contribution in [0.1, 0.15) is 55.6 Å². The SMILES string of the molecule is C(=C\c1ccc2c(c1)C1=C2c2cccc3cccc1c23)/c1ccc2c(c1)C1=C2c2cccc3cccc1c23. The van der Waals surface area contributed by atoms with Crippen LogP contribution in [0.25, 0.3) is 56.0 Å². The van der Waals surface area contributed by atoms with Crippen LogP contribution in [0.4, 0.5) is 0 Å². The molecule has 0 radical (unpaired) electrons. The van der Waals surface area contributed by atoms with E-state index in [1.807, 2.05) is 0 Å². The highest BCUT2D eigenvalue weighted by molar-refractivity contribution is 6.28. The van der Waals surface area contributed by atoms with Gasteiger partial charge in [-0.1, -0.05) is 109 Å². The van der Waals surface area contributed by atoms with Crippen molar-refractivity contribution in [2.75, 3.05) is 0 Å². The van der Waals surface area contributed by atoms with E-state index in [-0.39, 0.29) is 0 Å². The van der Waals surface area contributed by atoms with E-state index >= 15 is 0 Å². The minimum absolute atomic E-state index is 1.25. The first-order valence-electron chi connectivity index (χ1n) is 13.4. The summed E-state index contributed by atoms with van der Waals surface area (Å²) in [4.78, 5) is 0. The van der Waals surface area contributed by atoms with E-state index in [2.05, 4.69) is 121 Å². The van der Waals surface area contributed by atoms with Crippen LogP contribution in [-0.2, 0) is 0 Å². The van der Waals surface area contributed by atoms with Gasteiger partial charge in [0.15, 0.2) is 0 Å². The summed E-state index contributed by atoms with van der Waals surface area (Å²) in [6.07, 6.45) is 4.53. The van der Waals surface area contributed by atoms with Gasteiger partial charge in [-0.05, 0) is 112 Å². The van der Waals surface area contributed by atoms with Crippen LogP contribution in [0.15, 0.2) is 109 Å². The van der Waals surface area contributed by atoms with Crippen LogP contribution < -0.4 is 0 Å². The van der Waals surface area contributed by atoms with Crippen molar-refractivity contribution in [3.8, 4) is 0 Å². The van der Waals surface area contributed by atoms with E-state index in [0.717, 1.165) is 0 Å². The quantitative estimate of drug-likeness (QED) is 0.218. The van der Waals surface area contributed by atoms with Gasteiger partial charge in [-0.15, -0.1) is 0 Å². The second kappa shape index (κ2) is 6.49. The molecule has 0 amide bonds. The predicted molar refractivity (Wildman–Crippen MR) is 160 cm³/mol. The second-order valence-corrected chi connectivity index (χ2v) is 10.9. The van der Waals surface area contributed by atoms with Crippen molar-refractivity contribution >= 4 is 56.0 Å². The predicted octanol–water partition coefficient (Wildman–Crippen LogP) is 9.43. The lowest BCUT2D eigenvalue weighted by Crippen LogP contribution is -2.05. The van der Waals surface area contributed by atoms with E-state index < -0.39 is 0 Å². The van der Waals surface area contributed by atoms with Crippen LogP contribution in [0.3, 0.4) is 0 Å². The minimum Gasteiger partial charge on any atom is -0.0610 e. The number of benzene rings is 6. The Morgan fingerprint density at radius 3 is 1.08 bits per heavy atom. The summed E-state index contributed by atoms with van der Waals surface area (Å²) in [6, 6.07) is 40.7. The Hall–Kier alpha value is -4.94. The summed E-state index contributed by atoms with van der Waals surface area (Å²) in [5.74, 6) is 0. The average Bonchev–Trinajstić information content (AvgIpc) is 3.39. The average molecular weight is 477 g/mol. The zero-order valence-electron chi connectivity index (χ0n) is 20.5. The van der Waals surface area contributed by atoms with Gasteiger partial charge >= 0.3 is 0 Å². The Morgan fingerprint density at radius 1 is 0.316 bits per heavy atom. The smallest absolute Gasteiger partial charge is 0.00134 e. The fourth-order valence-corrected chi connectivity index (χ4v) is 7.42. The van der Waals surface area contributed by atoms with E-state index in [4.69, 9.17) is 0 Å². The summed E-state index contributed by atoms with van der Waals surface area (Å²) < 4.78 is 0. The molecular weight excluding hydrogens is 456 g/mol. The molecule has 38 heavy (non-hydrogen) atoms. The summed E-state index contributed by atoms with van der Waals surface area (Å²) in [5.41, 5.74) is 19.3. The molecule has 6 aromatic carbocycles. The van der Waals surface area contributed by atoms with E-state index in [1.54, 1.807) is 0 Å². The number of fused-ring (bicyclic) bond motifs is 10. The number of hydrogen-bond donors (Lipinski definition) is 0. The summed E-state index contributed by atoms with van der Waals surface area (Å²) in [6.45, 7) is 0. The highest BCUT2D eigenvalue weighted by Gasteiger charge is 2.36. The van der Waals surface area contributed by atoms with Gasteiger partial charge in [-0.2, -0.15) is 0 Å². The molecule has 0 bridgehead atoms. The third-order valence-corrected chi connectivity index (χ3v) is 9.02. The Balaban J connectivity index is 1.01. The third-order valence-electron chi connectivity index (χ3n) is 9.02. The number of hydrogen-bond acceptors (Lipinski definition) is 0. The molecule has 0 aromatic heterocycles. The molecule has 10 rings (SSSR count). The molecule has 0 aliphatic heterocycles. The summed E-state index contributed by atoms with van der Waals surface area (Å²) in [7, 11) is 0. The Morgan fingerprint density at radius 2 is 0.684 bits per heavy atom. The van der Waals surface area contributed by atoms with Gasteiger partial charge < -0.3 is 0 Å². The van der Waals surface area contributed by atoms with Gasteiger partial charge in [-0.25, -0.2) is 0 Å². The van der Waals surface area contributed by atoms with Gasteiger partial charge in [0.1, 0.15) is 0 Å². The van der Waals surface area contributed by atoms with Gasteiger partial charge in [0.25, 0.3) is 0 Å². The van der Waals surface area contributed by atoms with E-state index in [9.17, 15) is 0 Å². The van der Waals surface area contributed by atoms with Gasteiger partial charge in [-0.3, -0.25) is 0 Å². The molecular formula is C38H20. The molecule has 6 aromatic rings. The van der Waals surface area contributed by atoms with Crippen molar-refractivity contribution in [1.29, 1.82) is 0 Å². The molecule has 0 saturated heterocycles. The normalized spacial score (nSPS) is 15.1. The van der Waals surface area contributed by atoms with Gasteiger partial charge in [0.2, 0.25) is 0 Å². The monoisotopic (exact) mass is 476 g/mol. The Bertz CT molecular complexity index is 2040. The van der Waals surface area contributed by atoms with Crippen molar-refractivity contribution in [2.24, 2.45) is 0 Å². The summed E-state index contributed by atoms with van der Waals surface area (Å²) >= 11 is 0. The molecule has 0 heteroatoms. The lowest BCUT2D eigenvalue weighted by atomic mass is 9.78. The van der Waals surface area contributed by atoms with Crippen molar-refractivity contribution < 1.29 is 0 Å². The molecule has 0 nitrogen and oxygen atoms in total. The van der Waals surface area contributed by atoms with Gasteiger partial charge in [0, 0.05) is 0 Å². The fourth-order valence-electron chi connectivity index (χ4n) is 7.42. The molecule has 0 atom stereocenters. The van der Waals surface area contributed by atoms with Crippen molar-refractivity contribution in [3.05, 3.63) is 165 Å². The van der Waals surface area contributed by atoms with Crippen LogP contribution in [0.5, 0.6) is 0 Å². The van der Waals surface area contributed by atoms with E-state index in [1.165, 1.54) is 99.5 Å². The molecule has 172 valence electrons. The van der Waals surface area contributed by atoms with Crippen LogP contribution in [0, 0.1) is 0 Å². The third kappa shape index (κ3) is 2.16. The molecule has 0 spiro atoms. The largest absolute Gasteiger partial charge is 0.0610 e. The molecule has 0 saturated carbocycles. The lowest BCUT2D eigenvalue weighted by Gasteiger charge is -2.25. The summed E-state index contributed by atoms with van der Waals surface area (Å²) in [5, 5.41) is 5.49. The number of rotatable bonds is 2. The lowest BCUT2D eigenvalue weighted by molar-refractivity contribution is 1.46. The zero-order valence-corrected chi connectivity index (χ0v) is 20.5. The Kier molecular flexibility index (Phi) is 3.28. The molecule has 0 N–H and O–H groups in total. The maximum absolute atomic E-state index is 2.37. The molecule has 4 aliphatic carbocycles. The molecule has 0 unspecified atom stereocenters. The van der Waals surface area contributed by atoms with Crippen molar-refractivity contribution in [2.45, 2.75) is 0 Å². The van der Waals surface area contributed by atoms with Crippen molar-refractivity contribution in [1.82, 2.24) is 0 Å². The van der Waals surface area contributed by atoms with Crippen molar-refractivity contribution in [3.63, 3.8) is 0 Å². The fraction of sp³-hybridized carbons (Fsp3) is 0.